The molecular formula is C28H24N4O2. The Hall–Kier alpha value is -4.19. The highest BCUT2D eigenvalue weighted by molar-refractivity contribution is 6.09. The third-order valence-corrected chi connectivity index (χ3v) is 6.47. The molecule has 1 aromatic heterocycles. The van der Waals surface area contributed by atoms with E-state index in [4.69, 9.17) is 4.98 Å². The summed E-state index contributed by atoms with van der Waals surface area (Å²) >= 11 is 0. The van der Waals surface area contributed by atoms with Crippen molar-refractivity contribution in [3.63, 3.8) is 0 Å². The molecule has 0 radical (unpaired) electrons. The van der Waals surface area contributed by atoms with Crippen LogP contribution >= 0.6 is 0 Å². The number of imidazole rings is 1. The van der Waals surface area contributed by atoms with Gasteiger partial charge in [-0.15, -0.1) is 0 Å². The predicted octanol–water partition coefficient (Wildman–Crippen LogP) is 5.41. The number of nitrogens with zero attached hydrogens (tertiary/aromatic N) is 2. The van der Waals surface area contributed by atoms with E-state index in [1.54, 1.807) is 24.3 Å². The standard InChI is InChI=1S/C28H24N4O2/c33-27(29-21-6-2-1-3-7-21)19-12-14-20(15-13-19)28(34)32-17-16-23-25(22-8-4-5-9-24(22)32)31-26(30-23)18-10-11-18/h1-9,12-15,18H,10-11,16-17H2,(H,29,33)(H,30,31). The van der Waals surface area contributed by atoms with Gasteiger partial charge in [0.05, 0.1) is 11.4 Å². The zero-order valence-electron chi connectivity index (χ0n) is 18.6. The Labute approximate surface area is 197 Å². The van der Waals surface area contributed by atoms with E-state index in [2.05, 4.69) is 10.3 Å². The largest absolute Gasteiger partial charge is 0.345 e. The number of aromatic nitrogens is 2. The molecule has 0 atom stereocenters. The van der Waals surface area contributed by atoms with E-state index < -0.39 is 0 Å². The van der Waals surface area contributed by atoms with Crippen molar-refractivity contribution in [2.24, 2.45) is 0 Å². The Kier molecular flexibility index (Phi) is 4.99. The molecule has 0 spiro atoms. The third-order valence-electron chi connectivity index (χ3n) is 6.47. The van der Waals surface area contributed by atoms with Gasteiger partial charge in [0.15, 0.2) is 0 Å². The van der Waals surface area contributed by atoms with E-state index in [1.165, 1.54) is 12.8 Å². The molecule has 4 aromatic rings. The molecule has 6 heteroatoms. The molecular weight excluding hydrogens is 424 g/mol. The normalized spacial score (nSPS) is 14.6. The zero-order chi connectivity index (χ0) is 23.1. The van der Waals surface area contributed by atoms with Crippen molar-refractivity contribution in [2.45, 2.75) is 25.2 Å². The Morgan fingerprint density at radius 2 is 1.59 bits per heavy atom. The van der Waals surface area contributed by atoms with E-state index in [0.29, 0.717) is 30.0 Å². The van der Waals surface area contributed by atoms with E-state index >= 15 is 0 Å². The molecule has 2 heterocycles. The van der Waals surface area contributed by atoms with Gasteiger partial charge >= 0.3 is 0 Å². The summed E-state index contributed by atoms with van der Waals surface area (Å²) in [4.78, 5) is 36.4. The van der Waals surface area contributed by atoms with Crippen molar-refractivity contribution in [1.29, 1.82) is 0 Å². The molecule has 6 rings (SSSR count). The van der Waals surface area contributed by atoms with Crippen molar-refractivity contribution >= 4 is 23.2 Å². The molecule has 2 aliphatic rings. The first-order valence-corrected chi connectivity index (χ1v) is 11.6. The van der Waals surface area contributed by atoms with E-state index in [1.807, 2.05) is 59.5 Å². The van der Waals surface area contributed by atoms with Gasteiger partial charge in [-0.25, -0.2) is 4.98 Å². The van der Waals surface area contributed by atoms with Crippen LogP contribution in [0.4, 0.5) is 11.4 Å². The highest BCUT2D eigenvalue weighted by Gasteiger charge is 2.31. The van der Waals surface area contributed by atoms with Crippen LogP contribution in [0.3, 0.4) is 0 Å². The topological polar surface area (TPSA) is 78.1 Å². The summed E-state index contributed by atoms with van der Waals surface area (Å²) in [5.41, 5.74) is 5.68. The van der Waals surface area contributed by atoms with Crippen LogP contribution in [0.2, 0.25) is 0 Å². The number of H-pyrrole nitrogens is 1. The number of hydrogen-bond acceptors (Lipinski definition) is 3. The predicted molar refractivity (Wildman–Crippen MR) is 132 cm³/mol. The van der Waals surface area contributed by atoms with Crippen molar-refractivity contribution in [1.82, 2.24) is 9.97 Å². The second-order valence-electron chi connectivity index (χ2n) is 8.84. The number of para-hydroxylation sites is 2. The summed E-state index contributed by atoms with van der Waals surface area (Å²) < 4.78 is 0. The van der Waals surface area contributed by atoms with Crippen LogP contribution in [0, 0.1) is 0 Å². The van der Waals surface area contributed by atoms with Gasteiger partial charge in [-0.3, -0.25) is 9.59 Å². The summed E-state index contributed by atoms with van der Waals surface area (Å²) in [6, 6.07) is 24.1. The fourth-order valence-corrected chi connectivity index (χ4v) is 4.49. The first kappa shape index (κ1) is 20.4. The molecule has 2 N–H and O–H groups in total. The molecule has 3 aromatic carbocycles. The minimum Gasteiger partial charge on any atom is -0.345 e. The number of nitrogens with one attached hydrogen (secondary N) is 2. The van der Waals surface area contributed by atoms with Crippen molar-refractivity contribution in [3.8, 4) is 11.3 Å². The molecule has 168 valence electrons. The van der Waals surface area contributed by atoms with Crippen LogP contribution in [0.5, 0.6) is 0 Å². The number of amides is 2. The molecule has 1 fully saturated rings. The summed E-state index contributed by atoms with van der Waals surface area (Å²) in [6.07, 6.45) is 3.10. The van der Waals surface area contributed by atoms with Crippen molar-refractivity contribution < 1.29 is 9.59 Å². The molecule has 34 heavy (non-hydrogen) atoms. The molecule has 0 saturated heterocycles. The Balaban J connectivity index is 1.25. The molecule has 2 amide bonds. The van der Waals surface area contributed by atoms with Gasteiger partial charge in [-0.05, 0) is 55.3 Å². The lowest BCUT2D eigenvalue weighted by Crippen LogP contribution is -2.32. The molecule has 1 saturated carbocycles. The SMILES string of the molecule is O=C(Nc1ccccc1)c1ccc(C(=O)N2CCc3[nH]c(C4CC4)nc3-c3ccccc32)cc1. The highest BCUT2D eigenvalue weighted by Crippen LogP contribution is 2.42. The Morgan fingerprint density at radius 3 is 2.35 bits per heavy atom. The van der Waals surface area contributed by atoms with Crippen LogP contribution in [0.1, 0.15) is 51.0 Å². The van der Waals surface area contributed by atoms with Crippen molar-refractivity contribution in [3.05, 3.63) is 102 Å². The van der Waals surface area contributed by atoms with Gasteiger partial charge in [0.25, 0.3) is 11.8 Å². The van der Waals surface area contributed by atoms with Crippen LogP contribution in [0.15, 0.2) is 78.9 Å². The van der Waals surface area contributed by atoms with Gasteiger partial charge in [0.2, 0.25) is 0 Å². The summed E-state index contributed by atoms with van der Waals surface area (Å²) in [7, 11) is 0. The summed E-state index contributed by atoms with van der Waals surface area (Å²) in [5.74, 6) is 1.33. The van der Waals surface area contributed by atoms with Crippen LogP contribution in [-0.4, -0.2) is 28.3 Å². The lowest BCUT2D eigenvalue weighted by Gasteiger charge is -2.23. The average Bonchev–Trinajstić information content (AvgIpc) is 3.67. The fourth-order valence-electron chi connectivity index (χ4n) is 4.49. The summed E-state index contributed by atoms with van der Waals surface area (Å²) in [6.45, 7) is 0.561. The number of benzene rings is 3. The minimum absolute atomic E-state index is 0.0879. The zero-order valence-corrected chi connectivity index (χ0v) is 18.6. The highest BCUT2D eigenvalue weighted by atomic mass is 16.2. The molecule has 0 bridgehead atoms. The van der Waals surface area contributed by atoms with Gasteiger partial charge < -0.3 is 15.2 Å². The van der Waals surface area contributed by atoms with Crippen LogP contribution in [-0.2, 0) is 6.42 Å². The first-order chi connectivity index (χ1) is 16.7. The number of aromatic amines is 1. The number of carbonyl (C=O) groups excluding carboxylic acids is 2. The van der Waals surface area contributed by atoms with Gasteiger partial charge in [-0.2, -0.15) is 0 Å². The number of carbonyl (C=O) groups is 2. The maximum absolute atomic E-state index is 13.5. The maximum atomic E-state index is 13.5. The molecule has 1 aliphatic carbocycles. The van der Waals surface area contributed by atoms with E-state index in [-0.39, 0.29) is 11.8 Å². The number of anilines is 2. The molecule has 0 unspecified atom stereocenters. The van der Waals surface area contributed by atoms with Gasteiger partial charge in [0, 0.05) is 47.0 Å². The van der Waals surface area contributed by atoms with Crippen LogP contribution in [0.25, 0.3) is 11.3 Å². The second kappa shape index (κ2) is 8.30. The minimum atomic E-state index is -0.207. The molecule has 6 nitrogen and oxygen atoms in total. The average molecular weight is 449 g/mol. The smallest absolute Gasteiger partial charge is 0.258 e. The van der Waals surface area contributed by atoms with Crippen LogP contribution < -0.4 is 10.2 Å². The van der Waals surface area contributed by atoms with Gasteiger partial charge in [0.1, 0.15) is 5.82 Å². The van der Waals surface area contributed by atoms with Crippen molar-refractivity contribution in [2.75, 3.05) is 16.8 Å². The lowest BCUT2D eigenvalue weighted by atomic mass is 10.1. The number of hydrogen-bond donors (Lipinski definition) is 2. The van der Waals surface area contributed by atoms with E-state index in [9.17, 15) is 9.59 Å². The van der Waals surface area contributed by atoms with Gasteiger partial charge in [-0.1, -0.05) is 36.4 Å². The third kappa shape index (κ3) is 3.77. The number of rotatable bonds is 4. The Morgan fingerprint density at radius 1 is 0.882 bits per heavy atom. The monoisotopic (exact) mass is 448 g/mol. The number of fused-ring (bicyclic) bond motifs is 3. The molecule has 1 aliphatic heterocycles. The fraction of sp³-hybridized carbons (Fsp3) is 0.179. The maximum Gasteiger partial charge on any atom is 0.258 e. The second-order valence-corrected chi connectivity index (χ2v) is 8.84. The Bertz CT molecular complexity index is 1370. The first-order valence-electron chi connectivity index (χ1n) is 11.6. The lowest BCUT2D eigenvalue weighted by molar-refractivity contribution is 0.0984. The summed E-state index contributed by atoms with van der Waals surface area (Å²) in [5, 5.41) is 2.87. The van der Waals surface area contributed by atoms with E-state index in [0.717, 1.165) is 34.2 Å². The quantitative estimate of drug-likeness (QED) is 0.438.